The van der Waals surface area contributed by atoms with Crippen LogP contribution in [0.1, 0.15) is 26.7 Å². The minimum atomic E-state index is 0.0131. The zero-order chi connectivity index (χ0) is 11.8. The van der Waals surface area contributed by atoms with Gasteiger partial charge in [-0.05, 0) is 37.8 Å². The van der Waals surface area contributed by atoms with E-state index in [1.807, 2.05) is 0 Å². The molecular weight excluding hydrogens is 204 g/mol. The maximum Gasteiger partial charge on any atom is 0.246 e. The normalized spacial score (nSPS) is 17.7. The molecule has 1 saturated heterocycles. The molecule has 0 aromatic rings. The highest BCUT2D eigenvalue weighted by Gasteiger charge is 2.13. The molecule has 1 fully saturated rings. The Labute approximate surface area is 98.1 Å². The Morgan fingerprint density at radius 1 is 1.44 bits per heavy atom. The fourth-order valence-electron chi connectivity index (χ4n) is 1.78. The van der Waals surface area contributed by atoms with Crippen molar-refractivity contribution in [2.75, 3.05) is 32.8 Å². The van der Waals surface area contributed by atoms with Crippen molar-refractivity contribution in [3.8, 4) is 0 Å². The van der Waals surface area contributed by atoms with Crippen LogP contribution in [0.5, 0.6) is 0 Å². The molecule has 1 aliphatic heterocycles. The Morgan fingerprint density at radius 2 is 2.12 bits per heavy atom. The number of piperidine rings is 1. The highest BCUT2D eigenvalue weighted by molar-refractivity contribution is 5.77. The molecule has 1 rings (SSSR count). The molecule has 0 spiro atoms. The van der Waals surface area contributed by atoms with Crippen molar-refractivity contribution in [1.82, 2.24) is 10.6 Å². The molecule has 4 heteroatoms. The van der Waals surface area contributed by atoms with Crippen molar-refractivity contribution in [2.45, 2.75) is 26.7 Å². The summed E-state index contributed by atoms with van der Waals surface area (Å²) in [5, 5.41) is 6.25. The summed E-state index contributed by atoms with van der Waals surface area (Å²) >= 11 is 0. The predicted molar refractivity (Wildman–Crippen MR) is 64.3 cm³/mol. The van der Waals surface area contributed by atoms with Crippen LogP contribution in [-0.4, -0.2) is 38.8 Å². The second kappa shape index (κ2) is 7.63. The van der Waals surface area contributed by atoms with Gasteiger partial charge in [0.05, 0.1) is 0 Å². The largest absolute Gasteiger partial charge is 0.371 e. The summed E-state index contributed by atoms with van der Waals surface area (Å²) in [6.07, 6.45) is 2.32. The number of nitrogens with one attached hydrogen (secondary N) is 2. The molecule has 0 aliphatic carbocycles. The average Bonchev–Trinajstić information content (AvgIpc) is 2.27. The molecule has 0 unspecified atom stereocenters. The third kappa shape index (κ3) is 6.08. The number of ether oxygens (including phenoxy) is 1. The van der Waals surface area contributed by atoms with Crippen LogP contribution < -0.4 is 10.6 Å². The Kier molecular flexibility index (Phi) is 6.42. The van der Waals surface area contributed by atoms with Crippen molar-refractivity contribution in [3.05, 3.63) is 0 Å². The molecule has 0 aromatic carbocycles. The standard InChI is InChI=1S/C12H24N2O2/c1-10(2)8-16-9-12(15)14-7-11-3-5-13-6-4-11/h10-11,13H,3-9H2,1-2H3,(H,14,15). The number of amides is 1. The summed E-state index contributed by atoms with van der Waals surface area (Å²) in [6.45, 7) is 7.95. The molecule has 0 aromatic heterocycles. The first-order valence-corrected chi connectivity index (χ1v) is 6.23. The van der Waals surface area contributed by atoms with Crippen LogP contribution in [0.2, 0.25) is 0 Å². The van der Waals surface area contributed by atoms with E-state index in [-0.39, 0.29) is 12.5 Å². The van der Waals surface area contributed by atoms with Crippen molar-refractivity contribution in [3.63, 3.8) is 0 Å². The molecule has 4 nitrogen and oxygen atoms in total. The lowest BCUT2D eigenvalue weighted by atomic mass is 9.98. The van der Waals surface area contributed by atoms with Crippen molar-refractivity contribution in [2.24, 2.45) is 11.8 Å². The van der Waals surface area contributed by atoms with E-state index in [9.17, 15) is 4.79 Å². The summed E-state index contributed by atoms with van der Waals surface area (Å²) in [5.74, 6) is 1.13. The molecule has 2 N–H and O–H groups in total. The predicted octanol–water partition coefficient (Wildman–Crippen LogP) is 0.775. The Morgan fingerprint density at radius 3 is 2.75 bits per heavy atom. The highest BCUT2D eigenvalue weighted by atomic mass is 16.5. The number of hydrogen-bond donors (Lipinski definition) is 2. The van der Waals surface area contributed by atoms with Crippen LogP contribution in [-0.2, 0) is 9.53 Å². The third-order valence-corrected chi connectivity index (χ3v) is 2.73. The summed E-state index contributed by atoms with van der Waals surface area (Å²) in [4.78, 5) is 11.4. The number of rotatable bonds is 6. The van der Waals surface area contributed by atoms with E-state index in [2.05, 4.69) is 24.5 Å². The molecule has 1 heterocycles. The fourth-order valence-corrected chi connectivity index (χ4v) is 1.78. The first-order valence-electron chi connectivity index (χ1n) is 6.23. The summed E-state index contributed by atoms with van der Waals surface area (Å²) in [7, 11) is 0. The van der Waals surface area contributed by atoms with Crippen LogP contribution in [0.15, 0.2) is 0 Å². The molecule has 1 amide bonds. The lowest BCUT2D eigenvalue weighted by Gasteiger charge is -2.22. The van der Waals surface area contributed by atoms with Gasteiger partial charge in [0.15, 0.2) is 0 Å². The lowest BCUT2D eigenvalue weighted by molar-refractivity contribution is -0.126. The quantitative estimate of drug-likeness (QED) is 0.706. The van der Waals surface area contributed by atoms with E-state index >= 15 is 0 Å². The first kappa shape index (κ1) is 13.5. The SMILES string of the molecule is CC(C)COCC(=O)NCC1CCNCC1. The molecule has 94 valence electrons. The van der Waals surface area contributed by atoms with E-state index in [0.29, 0.717) is 18.4 Å². The number of carbonyl (C=O) groups excluding carboxylic acids is 1. The minimum absolute atomic E-state index is 0.0131. The van der Waals surface area contributed by atoms with Gasteiger partial charge in [-0.15, -0.1) is 0 Å². The Bertz CT molecular complexity index is 201. The van der Waals surface area contributed by atoms with Crippen LogP contribution >= 0.6 is 0 Å². The smallest absolute Gasteiger partial charge is 0.246 e. The summed E-state index contributed by atoms with van der Waals surface area (Å²) in [6, 6.07) is 0. The van der Waals surface area contributed by atoms with Crippen LogP contribution in [0.3, 0.4) is 0 Å². The van der Waals surface area contributed by atoms with Gasteiger partial charge >= 0.3 is 0 Å². The molecule has 16 heavy (non-hydrogen) atoms. The lowest BCUT2D eigenvalue weighted by Crippen LogP contribution is -2.37. The molecule has 0 saturated carbocycles. The fraction of sp³-hybridized carbons (Fsp3) is 0.917. The Balaban J connectivity index is 2.00. The summed E-state index contributed by atoms with van der Waals surface area (Å²) < 4.78 is 5.27. The van der Waals surface area contributed by atoms with Crippen LogP contribution in [0, 0.1) is 11.8 Å². The first-order chi connectivity index (χ1) is 7.68. The molecule has 0 atom stereocenters. The van der Waals surface area contributed by atoms with Gasteiger partial charge in [0.25, 0.3) is 0 Å². The molecule has 1 aliphatic rings. The van der Waals surface area contributed by atoms with Gasteiger partial charge in [-0.3, -0.25) is 4.79 Å². The zero-order valence-electron chi connectivity index (χ0n) is 10.4. The van der Waals surface area contributed by atoms with Gasteiger partial charge in [0.2, 0.25) is 5.91 Å². The van der Waals surface area contributed by atoms with Crippen molar-refractivity contribution < 1.29 is 9.53 Å². The maximum absolute atomic E-state index is 11.4. The van der Waals surface area contributed by atoms with E-state index in [0.717, 1.165) is 32.5 Å². The van der Waals surface area contributed by atoms with E-state index in [1.165, 1.54) is 0 Å². The average molecular weight is 228 g/mol. The monoisotopic (exact) mass is 228 g/mol. The van der Waals surface area contributed by atoms with Gasteiger partial charge in [-0.25, -0.2) is 0 Å². The molecular formula is C12H24N2O2. The summed E-state index contributed by atoms with van der Waals surface area (Å²) in [5.41, 5.74) is 0. The number of carbonyl (C=O) groups is 1. The topological polar surface area (TPSA) is 50.4 Å². The van der Waals surface area contributed by atoms with Crippen LogP contribution in [0.25, 0.3) is 0 Å². The molecule has 0 bridgehead atoms. The number of hydrogen-bond acceptors (Lipinski definition) is 3. The van der Waals surface area contributed by atoms with Crippen molar-refractivity contribution >= 4 is 5.91 Å². The third-order valence-electron chi connectivity index (χ3n) is 2.73. The second-order valence-electron chi connectivity index (χ2n) is 4.91. The maximum atomic E-state index is 11.4. The van der Waals surface area contributed by atoms with Gasteiger partial charge < -0.3 is 15.4 Å². The van der Waals surface area contributed by atoms with Gasteiger partial charge in [0.1, 0.15) is 6.61 Å². The van der Waals surface area contributed by atoms with Gasteiger partial charge in [-0.1, -0.05) is 13.8 Å². The van der Waals surface area contributed by atoms with E-state index in [1.54, 1.807) is 0 Å². The van der Waals surface area contributed by atoms with Crippen molar-refractivity contribution in [1.29, 1.82) is 0 Å². The van der Waals surface area contributed by atoms with E-state index < -0.39 is 0 Å². The molecule has 0 radical (unpaired) electrons. The van der Waals surface area contributed by atoms with Crippen LogP contribution in [0.4, 0.5) is 0 Å². The van der Waals surface area contributed by atoms with Gasteiger partial charge in [0, 0.05) is 13.2 Å². The minimum Gasteiger partial charge on any atom is -0.371 e. The van der Waals surface area contributed by atoms with E-state index in [4.69, 9.17) is 4.74 Å². The zero-order valence-corrected chi connectivity index (χ0v) is 10.4. The van der Waals surface area contributed by atoms with Gasteiger partial charge in [-0.2, -0.15) is 0 Å². The Hall–Kier alpha value is -0.610. The second-order valence-corrected chi connectivity index (χ2v) is 4.91. The highest BCUT2D eigenvalue weighted by Crippen LogP contribution is 2.09.